The van der Waals surface area contributed by atoms with Gasteiger partial charge < -0.3 is 9.84 Å². The van der Waals surface area contributed by atoms with Crippen molar-refractivity contribution in [2.45, 2.75) is 44.0 Å². The van der Waals surface area contributed by atoms with Gasteiger partial charge in [-0.05, 0) is 24.3 Å². The van der Waals surface area contributed by atoms with Crippen LogP contribution in [0.2, 0.25) is 0 Å². The number of ether oxygens (including phenoxy) is 1. The fraction of sp³-hybridized carbons (Fsp3) is 0.538. The summed E-state index contributed by atoms with van der Waals surface area (Å²) < 4.78 is 31.6. The van der Waals surface area contributed by atoms with Crippen molar-refractivity contribution in [3.8, 4) is 0 Å². The zero-order valence-electron chi connectivity index (χ0n) is 12.6. The van der Waals surface area contributed by atoms with Gasteiger partial charge in [-0.3, -0.25) is 4.79 Å². The van der Waals surface area contributed by atoms with Gasteiger partial charge in [0.2, 0.25) is 10.0 Å². The Morgan fingerprint density at radius 2 is 2.09 bits per heavy atom. The molecule has 0 amide bonds. The number of sulfonamides is 1. The fourth-order valence-electron chi connectivity index (χ4n) is 1.89. The van der Waals surface area contributed by atoms with E-state index in [1.54, 1.807) is 6.92 Å². The highest BCUT2D eigenvalue weighted by molar-refractivity contribution is 7.89. The lowest BCUT2D eigenvalue weighted by molar-refractivity contribution is -0.139. The number of nitrogens with one attached hydrogen (secondary N) is 1. The lowest BCUT2D eigenvalue weighted by atomic mass is 10.1. The lowest BCUT2D eigenvalue weighted by Crippen LogP contribution is -2.41. The second-order valence-electron chi connectivity index (χ2n) is 4.72. The molecule has 1 aromatic heterocycles. The minimum absolute atomic E-state index is 0.0628. The Kier molecular flexibility index (Phi) is 6.51. The Bertz CT molecular complexity index is 649. The van der Waals surface area contributed by atoms with Gasteiger partial charge in [0.1, 0.15) is 15.8 Å². The minimum atomic E-state index is -4.13. The molecule has 0 saturated heterocycles. The number of methoxy groups -OCH3 is 1. The summed E-state index contributed by atoms with van der Waals surface area (Å²) in [6.07, 6.45) is 1.50. The van der Waals surface area contributed by atoms with E-state index in [-0.39, 0.29) is 16.2 Å². The molecule has 0 radical (unpaired) electrons. The van der Waals surface area contributed by atoms with Crippen LogP contribution >= 0.6 is 11.3 Å². The largest absolute Gasteiger partial charge is 0.480 e. The molecule has 1 rings (SSSR count). The number of aryl methyl sites for hydroxylation is 1. The number of thiophene rings is 1. The highest BCUT2D eigenvalue weighted by Gasteiger charge is 2.31. The first-order chi connectivity index (χ1) is 10.2. The van der Waals surface area contributed by atoms with E-state index in [0.717, 1.165) is 24.9 Å². The molecule has 0 fully saturated rings. The van der Waals surface area contributed by atoms with E-state index < -0.39 is 28.0 Å². The highest BCUT2D eigenvalue weighted by Crippen LogP contribution is 2.27. The van der Waals surface area contributed by atoms with Crippen molar-refractivity contribution in [1.29, 1.82) is 0 Å². The predicted octanol–water partition coefficient (Wildman–Crippen LogP) is 1.76. The number of hydrogen-bond acceptors (Lipinski definition) is 6. The third kappa shape index (κ3) is 4.28. The molecular weight excluding hydrogens is 330 g/mol. The van der Waals surface area contributed by atoms with Crippen LogP contribution in [-0.2, 0) is 19.6 Å². The second kappa shape index (κ2) is 7.70. The van der Waals surface area contributed by atoms with Crippen LogP contribution in [0.3, 0.4) is 0 Å². The van der Waals surface area contributed by atoms with Gasteiger partial charge >= 0.3 is 11.9 Å². The van der Waals surface area contributed by atoms with Crippen molar-refractivity contribution < 1.29 is 27.9 Å². The Hall–Kier alpha value is -1.45. The number of hydrogen-bond donors (Lipinski definition) is 2. The molecule has 0 aliphatic heterocycles. The van der Waals surface area contributed by atoms with Crippen LogP contribution in [0.25, 0.3) is 0 Å². The van der Waals surface area contributed by atoms with Gasteiger partial charge in [-0.25, -0.2) is 13.2 Å². The second-order valence-corrected chi connectivity index (χ2v) is 7.25. The van der Waals surface area contributed by atoms with Crippen molar-refractivity contribution in [2.24, 2.45) is 0 Å². The molecule has 0 aliphatic carbocycles. The number of carboxylic acids is 1. The Morgan fingerprint density at radius 1 is 1.45 bits per heavy atom. The smallest absolute Gasteiger partial charge is 0.349 e. The summed E-state index contributed by atoms with van der Waals surface area (Å²) in [5.74, 6) is -2.01. The average molecular weight is 349 g/mol. The standard InChI is InChI=1S/C13H19NO6S2/c1-4-5-6-9(12(15)16)14-22(18,19)11-8(2)7-21-10(11)13(17)20-3/h7,9,14H,4-6H2,1-3H3,(H,15,16)/t9-/m0/s1. The van der Waals surface area contributed by atoms with Crippen molar-refractivity contribution in [2.75, 3.05) is 7.11 Å². The maximum atomic E-state index is 12.5. The Balaban J connectivity index is 3.16. The SMILES string of the molecule is CCCC[C@H](NS(=O)(=O)c1c(C)csc1C(=O)OC)C(=O)O. The highest BCUT2D eigenvalue weighted by atomic mass is 32.2. The molecule has 22 heavy (non-hydrogen) atoms. The number of rotatable bonds is 8. The van der Waals surface area contributed by atoms with Gasteiger partial charge in [-0.15, -0.1) is 11.3 Å². The fourth-order valence-corrected chi connectivity index (χ4v) is 4.82. The van der Waals surface area contributed by atoms with Crippen LogP contribution in [0.5, 0.6) is 0 Å². The Morgan fingerprint density at radius 3 is 2.59 bits per heavy atom. The molecule has 0 bridgehead atoms. The number of carbonyl (C=O) groups is 2. The summed E-state index contributed by atoms with van der Waals surface area (Å²) in [5.41, 5.74) is 0.373. The van der Waals surface area contributed by atoms with E-state index in [1.165, 1.54) is 5.38 Å². The summed E-state index contributed by atoms with van der Waals surface area (Å²) in [4.78, 5) is 22.6. The van der Waals surface area contributed by atoms with Gasteiger partial charge in [0.05, 0.1) is 7.11 Å². The zero-order chi connectivity index (χ0) is 16.9. The lowest BCUT2D eigenvalue weighted by Gasteiger charge is -2.15. The van der Waals surface area contributed by atoms with Crippen LogP contribution < -0.4 is 4.72 Å². The van der Waals surface area contributed by atoms with Crippen molar-refractivity contribution >= 4 is 33.3 Å². The van der Waals surface area contributed by atoms with E-state index in [0.29, 0.717) is 12.0 Å². The molecule has 9 heteroatoms. The zero-order valence-corrected chi connectivity index (χ0v) is 14.2. The monoisotopic (exact) mass is 349 g/mol. The molecule has 0 aliphatic rings. The number of esters is 1. The Labute approximate surface area is 133 Å². The average Bonchev–Trinajstić information content (AvgIpc) is 2.84. The summed E-state index contributed by atoms with van der Waals surface area (Å²) in [7, 11) is -2.97. The number of aliphatic carboxylic acids is 1. The van der Waals surface area contributed by atoms with Crippen molar-refractivity contribution in [3.05, 3.63) is 15.8 Å². The van der Waals surface area contributed by atoms with Crippen molar-refractivity contribution in [1.82, 2.24) is 4.72 Å². The molecule has 2 N–H and O–H groups in total. The molecular formula is C13H19NO6S2. The van der Waals surface area contributed by atoms with Gasteiger partial charge in [0, 0.05) is 0 Å². The maximum absolute atomic E-state index is 12.5. The summed E-state index contributed by atoms with van der Waals surface area (Å²) in [6.45, 7) is 3.42. The van der Waals surface area contributed by atoms with Crippen molar-refractivity contribution in [3.63, 3.8) is 0 Å². The first-order valence-electron chi connectivity index (χ1n) is 6.66. The summed E-state index contributed by atoms with van der Waals surface area (Å²) >= 11 is 0.948. The topological polar surface area (TPSA) is 110 Å². The predicted molar refractivity (Wildman–Crippen MR) is 81.7 cm³/mol. The van der Waals surface area contributed by atoms with Crippen LogP contribution in [0.4, 0.5) is 0 Å². The van der Waals surface area contributed by atoms with Crippen LogP contribution in [0.15, 0.2) is 10.3 Å². The molecule has 7 nitrogen and oxygen atoms in total. The molecule has 124 valence electrons. The first kappa shape index (κ1) is 18.6. The van der Waals surface area contributed by atoms with Crippen LogP contribution in [0.1, 0.15) is 41.4 Å². The third-order valence-electron chi connectivity index (χ3n) is 3.00. The summed E-state index contributed by atoms with van der Waals surface area (Å²) in [6, 6.07) is -1.23. The van der Waals surface area contributed by atoms with Gasteiger partial charge in [0.25, 0.3) is 0 Å². The first-order valence-corrected chi connectivity index (χ1v) is 9.02. The number of unbranched alkanes of at least 4 members (excludes halogenated alkanes) is 1. The summed E-state index contributed by atoms with van der Waals surface area (Å²) in [5, 5.41) is 10.7. The molecule has 1 heterocycles. The molecule has 0 aromatic carbocycles. The van der Waals surface area contributed by atoms with Gasteiger partial charge in [-0.2, -0.15) is 4.72 Å². The minimum Gasteiger partial charge on any atom is -0.480 e. The van der Waals surface area contributed by atoms with Crippen LogP contribution in [-0.4, -0.2) is 38.6 Å². The van der Waals surface area contributed by atoms with Gasteiger partial charge in [0.15, 0.2) is 0 Å². The molecule has 1 atom stereocenters. The quantitative estimate of drug-likeness (QED) is 0.692. The molecule has 0 saturated carbocycles. The maximum Gasteiger partial charge on any atom is 0.349 e. The normalized spacial score (nSPS) is 12.9. The molecule has 0 spiro atoms. The van der Waals surface area contributed by atoms with E-state index in [9.17, 15) is 18.0 Å². The van der Waals surface area contributed by atoms with Gasteiger partial charge in [-0.1, -0.05) is 19.8 Å². The van der Waals surface area contributed by atoms with E-state index in [1.807, 2.05) is 6.92 Å². The molecule has 0 unspecified atom stereocenters. The van der Waals surface area contributed by atoms with E-state index in [2.05, 4.69) is 9.46 Å². The third-order valence-corrected chi connectivity index (χ3v) is 5.86. The number of carboxylic acid groups (broad SMARTS) is 1. The number of carbonyl (C=O) groups excluding carboxylic acids is 1. The van der Waals surface area contributed by atoms with Crippen LogP contribution in [0, 0.1) is 6.92 Å². The molecule has 1 aromatic rings. The van der Waals surface area contributed by atoms with E-state index >= 15 is 0 Å². The van der Waals surface area contributed by atoms with E-state index in [4.69, 9.17) is 5.11 Å².